The molecule has 5 heteroatoms. The maximum absolute atomic E-state index is 13.6. The molecule has 0 heterocycles. The fraction of sp³-hybridized carbons (Fsp3) is 0.500. The fourth-order valence-electron chi connectivity index (χ4n) is 1.43. The lowest BCUT2D eigenvalue weighted by Crippen LogP contribution is -2.21. The number of hydrogen-bond donors (Lipinski definition) is 1. The summed E-state index contributed by atoms with van der Waals surface area (Å²) >= 11 is 0. The molecule has 96 valence electrons. The number of nitrogens with one attached hydrogen (secondary N) is 1. The fourth-order valence-corrected chi connectivity index (χ4v) is 1.43. The van der Waals surface area contributed by atoms with Crippen LogP contribution in [-0.2, 0) is 5.92 Å². The van der Waals surface area contributed by atoms with E-state index in [-0.39, 0.29) is 24.3 Å². The molecular weight excluding hydrogens is 231 g/mol. The first-order valence-corrected chi connectivity index (χ1v) is 5.46. The Balaban J connectivity index is 2.88. The molecule has 0 spiro atoms. The highest BCUT2D eigenvalue weighted by atomic mass is 19.3. The van der Waals surface area contributed by atoms with E-state index >= 15 is 0 Å². The number of halogens is 3. The van der Waals surface area contributed by atoms with Crippen molar-refractivity contribution in [2.75, 3.05) is 20.2 Å². The van der Waals surface area contributed by atoms with Crippen LogP contribution in [-0.4, -0.2) is 20.2 Å². The molecule has 0 aliphatic rings. The minimum Gasteiger partial charge on any atom is -0.491 e. The molecule has 0 radical (unpaired) electrons. The van der Waals surface area contributed by atoms with Crippen molar-refractivity contribution in [2.45, 2.75) is 19.3 Å². The standard InChI is InChI=1S/C12H16F3NO/c1-3-17-11-5-4-9(8-10(11)13)12(14,15)6-7-16-2/h4-5,8,16H,3,6-7H2,1-2H3. The van der Waals surface area contributed by atoms with Crippen molar-refractivity contribution >= 4 is 0 Å². The van der Waals surface area contributed by atoms with E-state index in [9.17, 15) is 13.2 Å². The van der Waals surface area contributed by atoms with Gasteiger partial charge >= 0.3 is 0 Å². The predicted octanol–water partition coefficient (Wildman–Crippen LogP) is 2.93. The summed E-state index contributed by atoms with van der Waals surface area (Å²) in [6.45, 7) is 2.17. The van der Waals surface area contributed by atoms with Gasteiger partial charge in [0.1, 0.15) is 0 Å². The van der Waals surface area contributed by atoms with Crippen LogP contribution in [0.1, 0.15) is 18.9 Å². The molecular formula is C12H16F3NO. The molecule has 1 rings (SSSR count). The highest BCUT2D eigenvalue weighted by Gasteiger charge is 2.31. The number of benzene rings is 1. The molecule has 17 heavy (non-hydrogen) atoms. The molecule has 0 saturated heterocycles. The Morgan fingerprint density at radius 1 is 1.35 bits per heavy atom. The van der Waals surface area contributed by atoms with E-state index in [2.05, 4.69) is 5.32 Å². The van der Waals surface area contributed by atoms with Gasteiger partial charge in [-0.1, -0.05) is 0 Å². The van der Waals surface area contributed by atoms with Crippen LogP contribution in [0.4, 0.5) is 13.2 Å². The van der Waals surface area contributed by atoms with Crippen LogP contribution in [0.2, 0.25) is 0 Å². The second kappa shape index (κ2) is 5.91. The molecule has 0 amide bonds. The van der Waals surface area contributed by atoms with Crippen molar-refractivity contribution in [3.8, 4) is 5.75 Å². The maximum atomic E-state index is 13.6. The lowest BCUT2D eigenvalue weighted by molar-refractivity contribution is -0.0127. The zero-order valence-corrected chi connectivity index (χ0v) is 9.90. The minimum atomic E-state index is -3.03. The van der Waals surface area contributed by atoms with Crippen molar-refractivity contribution in [3.05, 3.63) is 29.6 Å². The van der Waals surface area contributed by atoms with E-state index in [1.807, 2.05) is 0 Å². The molecule has 0 atom stereocenters. The SMILES string of the molecule is CCOc1ccc(C(F)(F)CCNC)cc1F. The van der Waals surface area contributed by atoms with E-state index in [4.69, 9.17) is 4.74 Å². The van der Waals surface area contributed by atoms with E-state index in [1.54, 1.807) is 14.0 Å². The van der Waals surface area contributed by atoms with Crippen LogP contribution >= 0.6 is 0 Å². The second-order valence-corrected chi connectivity index (χ2v) is 3.64. The zero-order valence-electron chi connectivity index (χ0n) is 9.90. The zero-order chi connectivity index (χ0) is 12.9. The number of alkyl halides is 2. The van der Waals surface area contributed by atoms with Gasteiger partial charge in [0, 0.05) is 18.5 Å². The number of rotatable bonds is 6. The van der Waals surface area contributed by atoms with Gasteiger partial charge in [-0.3, -0.25) is 0 Å². The van der Waals surface area contributed by atoms with E-state index in [0.717, 1.165) is 6.07 Å². The molecule has 0 bridgehead atoms. The van der Waals surface area contributed by atoms with Crippen LogP contribution < -0.4 is 10.1 Å². The second-order valence-electron chi connectivity index (χ2n) is 3.64. The average Bonchev–Trinajstić information content (AvgIpc) is 2.29. The van der Waals surface area contributed by atoms with Crippen molar-refractivity contribution in [3.63, 3.8) is 0 Å². The molecule has 1 N–H and O–H groups in total. The topological polar surface area (TPSA) is 21.3 Å². The molecule has 0 unspecified atom stereocenters. The third-order valence-corrected chi connectivity index (χ3v) is 2.34. The summed E-state index contributed by atoms with van der Waals surface area (Å²) in [5.41, 5.74) is -0.325. The maximum Gasteiger partial charge on any atom is 0.274 e. The Morgan fingerprint density at radius 3 is 2.59 bits per heavy atom. The van der Waals surface area contributed by atoms with Gasteiger partial charge in [0.2, 0.25) is 0 Å². The highest BCUT2D eigenvalue weighted by molar-refractivity contribution is 5.31. The van der Waals surface area contributed by atoms with Crippen LogP contribution in [0.3, 0.4) is 0 Å². The minimum absolute atomic E-state index is 0.000617. The Kier molecular flexibility index (Phi) is 4.81. The van der Waals surface area contributed by atoms with Gasteiger partial charge in [0.05, 0.1) is 6.61 Å². The van der Waals surface area contributed by atoms with Gasteiger partial charge in [0.25, 0.3) is 5.92 Å². The molecule has 0 aromatic heterocycles. The predicted molar refractivity (Wildman–Crippen MR) is 60.0 cm³/mol. The summed E-state index contributed by atoms with van der Waals surface area (Å²) < 4.78 is 45.6. The molecule has 0 fully saturated rings. The number of hydrogen-bond acceptors (Lipinski definition) is 2. The first-order chi connectivity index (χ1) is 8.01. The van der Waals surface area contributed by atoms with Crippen LogP contribution in [0.25, 0.3) is 0 Å². The molecule has 0 aliphatic heterocycles. The van der Waals surface area contributed by atoms with E-state index < -0.39 is 11.7 Å². The summed E-state index contributed by atoms with van der Waals surface area (Å²) in [7, 11) is 1.59. The smallest absolute Gasteiger partial charge is 0.274 e. The lowest BCUT2D eigenvalue weighted by atomic mass is 10.1. The lowest BCUT2D eigenvalue weighted by Gasteiger charge is -2.17. The molecule has 1 aromatic carbocycles. The third kappa shape index (κ3) is 3.63. The molecule has 0 aliphatic carbocycles. The van der Waals surface area contributed by atoms with Crippen molar-refractivity contribution in [1.29, 1.82) is 0 Å². The summed E-state index contributed by atoms with van der Waals surface area (Å²) in [6, 6.07) is 3.27. The van der Waals surface area contributed by atoms with Crippen LogP contribution in [0, 0.1) is 5.82 Å². The summed E-state index contributed by atoms with van der Waals surface area (Å²) in [4.78, 5) is 0. The highest BCUT2D eigenvalue weighted by Crippen LogP contribution is 2.33. The Morgan fingerprint density at radius 2 is 2.06 bits per heavy atom. The van der Waals surface area contributed by atoms with Crippen molar-refractivity contribution in [2.24, 2.45) is 0 Å². The van der Waals surface area contributed by atoms with Crippen LogP contribution in [0.15, 0.2) is 18.2 Å². The Labute approximate surface area is 98.8 Å². The molecule has 0 saturated carbocycles. The number of ether oxygens (including phenoxy) is 1. The summed E-state index contributed by atoms with van der Waals surface area (Å²) in [6.07, 6.45) is -0.364. The molecule has 1 aromatic rings. The largest absolute Gasteiger partial charge is 0.491 e. The summed E-state index contributed by atoms with van der Waals surface area (Å²) in [5.74, 6) is -3.79. The van der Waals surface area contributed by atoms with E-state index in [0.29, 0.717) is 6.61 Å². The molecule has 2 nitrogen and oxygen atoms in total. The Bertz CT molecular complexity index is 369. The normalized spacial score (nSPS) is 11.6. The van der Waals surface area contributed by atoms with Gasteiger partial charge in [-0.15, -0.1) is 0 Å². The van der Waals surface area contributed by atoms with Gasteiger partial charge in [0.15, 0.2) is 11.6 Å². The summed E-state index contributed by atoms with van der Waals surface area (Å²) in [5, 5.41) is 2.64. The van der Waals surface area contributed by atoms with Gasteiger partial charge in [-0.05, 0) is 32.2 Å². The average molecular weight is 247 g/mol. The van der Waals surface area contributed by atoms with Crippen molar-refractivity contribution < 1.29 is 17.9 Å². The van der Waals surface area contributed by atoms with E-state index in [1.165, 1.54) is 12.1 Å². The van der Waals surface area contributed by atoms with Crippen LogP contribution in [0.5, 0.6) is 5.75 Å². The van der Waals surface area contributed by atoms with Gasteiger partial charge < -0.3 is 10.1 Å². The van der Waals surface area contributed by atoms with Gasteiger partial charge in [-0.2, -0.15) is 0 Å². The Hall–Kier alpha value is -1.23. The first kappa shape index (κ1) is 13.8. The third-order valence-electron chi connectivity index (χ3n) is 2.34. The van der Waals surface area contributed by atoms with Gasteiger partial charge in [-0.25, -0.2) is 13.2 Å². The monoisotopic (exact) mass is 247 g/mol. The first-order valence-electron chi connectivity index (χ1n) is 5.46. The quantitative estimate of drug-likeness (QED) is 0.834. The van der Waals surface area contributed by atoms with Crippen molar-refractivity contribution in [1.82, 2.24) is 5.32 Å².